The van der Waals surface area contributed by atoms with Crippen LogP contribution in [0.2, 0.25) is 0 Å². The van der Waals surface area contributed by atoms with Crippen LogP contribution in [0.1, 0.15) is 6.92 Å². The maximum atomic E-state index is 13.4. The second kappa shape index (κ2) is 6.08. The number of amides is 1. The summed E-state index contributed by atoms with van der Waals surface area (Å²) >= 11 is 0. The SMILES string of the molecule is C[C@H]1CN(CC(=O)Nc2c(F)cccc2F)CCN1. The number of hydrogen-bond acceptors (Lipinski definition) is 3. The predicted molar refractivity (Wildman–Crippen MR) is 68.9 cm³/mol. The zero-order chi connectivity index (χ0) is 13.8. The molecular weight excluding hydrogens is 252 g/mol. The van der Waals surface area contributed by atoms with E-state index in [2.05, 4.69) is 10.6 Å². The van der Waals surface area contributed by atoms with Crippen molar-refractivity contribution in [1.29, 1.82) is 0 Å². The summed E-state index contributed by atoms with van der Waals surface area (Å²) in [6, 6.07) is 3.81. The molecule has 2 rings (SSSR count). The Hall–Kier alpha value is -1.53. The number of benzene rings is 1. The van der Waals surface area contributed by atoms with E-state index in [-0.39, 0.29) is 12.2 Å². The number of anilines is 1. The van der Waals surface area contributed by atoms with Gasteiger partial charge in [0.2, 0.25) is 5.91 Å². The number of carbonyl (C=O) groups excluding carboxylic acids is 1. The number of piperazine rings is 1. The van der Waals surface area contributed by atoms with Gasteiger partial charge >= 0.3 is 0 Å². The third-order valence-electron chi connectivity index (χ3n) is 3.05. The quantitative estimate of drug-likeness (QED) is 0.866. The highest BCUT2D eigenvalue weighted by atomic mass is 19.1. The van der Waals surface area contributed by atoms with Gasteiger partial charge in [-0.05, 0) is 19.1 Å². The number of para-hydroxylation sites is 1. The summed E-state index contributed by atoms with van der Waals surface area (Å²) in [5.41, 5.74) is -0.379. The molecule has 1 saturated heterocycles. The zero-order valence-corrected chi connectivity index (χ0v) is 10.7. The Morgan fingerprint density at radius 2 is 2.16 bits per heavy atom. The van der Waals surface area contributed by atoms with Crippen molar-refractivity contribution >= 4 is 11.6 Å². The average Bonchev–Trinajstić information content (AvgIpc) is 2.34. The van der Waals surface area contributed by atoms with Gasteiger partial charge < -0.3 is 10.6 Å². The fraction of sp³-hybridized carbons (Fsp3) is 0.462. The van der Waals surface area contributed by atoms with E-state index in [1.807, 2.05) is 11.8 Å². The Morgan fingerprint density at radius 3 is 2.79 bits per heavy atom. The summed E-state index contributed by atoms with van der Waals surface area (Å²) < 4.78 is 26.7. The van der Waals surface area contributed by atoms with Crippen molar-refractivity contribution in [2.24, 2.45) is 0 Å². The van der Waals surface area contributed by atoms with Crippen molar-refractivity contribution < 1.29 is 13.6 Å². The van der Waals surface area contributed by atoms with Crippen LogP contribution in [0.15, 0.2) is 18.2 Å². The second-order valence-electron chi connectivity index (χ2n) is 4.74. The molecule has 0 aromatic heterocycles. The van der Waals surface area contributed by atoms with E-state index < -0.39 is 17.5 Å². The fourth-order valence-corrected chi connectivity index (χ4v) is 2.16. The molecule has 0 aliphatic carbocycles. The van der Waals surface area contributed by atoms with Crippen LogP contribution >= 0.6 is 0 Å². The van der Waals surface area contributed by atoms with E-state index in [0.29, 0.717) is 6.04 Å². The van der Waals surface area contributed by atoms with E-state index in [1.165, 1.54) is 6.07 Å². The lowest BCUT2D eigenvalue weighted by Gasteiger charge is -2.31. The van der Waals surface area contributed by atoms with Crippen LogP contribution < -0.4 is 10.6 Å². The molecular formula is C13H17F2N3O. The number of halogens is 2. The van der Waals surface area contributed by atoms with Gasteiger partial charge in [-0.25, -0.2) is 8.78 Å². The van der Waals surface area contributed by atoms with E-state index in [0.717, 1.165) is 31.8 Å². The number of carbonyl (C=O) groups is 1. The second-order valence-corrected chi connectivity index (χ2v) is 4.74. The third kappa shape index (κ3) is 3.71. The minimum absolute atomic E-state index is 0.139. The van der Waals surface area contributed by atoms with Gasteiger partial charge in [0.15, 0.2) is 0 Å². The highest BCUT2D eigenvalue weighted by Gasteiger charge is 2.19. The average molecular weight is 269 g/mol. The minimum Gasteiger partial charge on any atom is -0.320 e. The van der Waals surface area contributed by atoms with E-state index in [1.54, 1.807) is 0 Å². The van der Waals surface area contributed by atoms with Crippen LogP contribution in [0.3, 0.4) is 0 Å². The van der Waals surface area contributed by atoms with Gasteiger partial charge in [0.1, 0.15) is 17.3 Å². The standard InChI is InChI=1S/C13H17F2N3O/c1-9-7-18(6-5-16-9)8-12(19)17-13-10(14)3-2-4-11(13)15/h2-4,9,16H,5-8H2,1H3,(H,17,19)/t9-/m0/s1. The van der Waals surface area contributed by atoms with Crippen molar-refractivity contribution in [3.63, 3.8) is 0 Å². The van der Waals surface area contributed by atoms with Crippen LogP contribution in [-0.2, 0) is 4.79 Å². The number of nitrogens with zero attached hydrogens (tertiary/aromatic N) is 1. The summed E-state index contributed by atoms with van der Waals surface area (Å²) in [4.78, 5) is 13.7. The van der Waals surface area contributed by atoms with Crippen molar-refractivity contribution in [1.82, 2.24) is 10.2 Å². The van der Waals surface area contributed by atoms with Gasteiger partial charge in [0.25, 0.3) is 0 Å². The molecule has 2 N–H and O–H groups in total. The molecule has 0 radical (unpaired) electrons. The Bertz CT molecular complexity index is 447. The molecule has 1 amide bonds. The normalized spacial score (nSPS) is 20.3. The first-order valence-electron chi connectivity index (χ1n) is 6.26. The molecule has 1 fully saturated rings. The topological polar surface area (TPSA) is 44.4 Å². The fourth-order valence-electron chi connectivity index (χ4n) is 2.16. The molecule has 0 unspecified atom stereocenters. The molecule has 1 aromatic carbocycles. The van der Waals surface area contributed by atoms with Crippen LogP contribution in [0.4, 0.5) is 14.5 Å². The largest absolute Gasteiger partial charge is 0.320 e. The van der Waals surface area contributed by atoms with Gasteiger partial charge in [0.05, 0.1) is 6.54 Å². The molecule has 1 aliphatic heterocycles. The Labute approximate surface area is 110 Å². The molecule has 104 valence electrons. The first-order valence-corrected chi connectivity index (χ1v) is 6.26. The zero-order valence-electron chi connectivity index (χ0n) is 10.7. The van der Waals surface area contributed by atoms with Crippen molar-refractivity contribution in [3.05, 3.63) is 29.8 Å². The molecule has 6 heteroatoms. The first-order chi connectivity index (χ1) is 9.06. The monoisotopic (exact) mass is 269 g/mol. The summed E-state index contributed by atoms with van der Waals surface area (Å²) in [5, 5.41) is 5.55. The highest BCUT2D eigenvalue weighted by Crippen LogP contribution is 2.17. The van der Waals surface area contributed by atoms with Crippen LogP contribution in [-0.4, -0.2) is 43.0 Å². The smallest absolute Gasteiger partial charge is 0.238 e. The lowest BCUT2D eigenvalue weighted by atomic mass is 10.2. The first kappa shape index (κ1) is 13.9. The summed E-state index contributed by atoms with van der Waals surface area (Å²) in [6.07, 6.45) is 0. The molecule has 0 bridgehead atoms. The van der Waals surface area contributed by atoms with Gasteiger partial charge in [-0.3, -0.25) is 9.69 Å². The van der Waals surface area contributed by atoms with Crippen molar-refractivity contribution in [3.8, 4) is 0 Å². The Balaban J connectivity index is 1.94. The summed E-state index contributed by atoms with van der Waals surface area (Å²) in [7, 11) is 0. The molecule has 19 heavy (non-hydrogen) atoms. The number of hydrogen-bond donors (Lipinski definition) is 2. The molecule has 1 aliphatic rings. The van der Waals surface area contributed by atoms with Crippen LogP contribution in [0, 0.1) is 11.6 Å². The van der Waals surface area contributed by atoms with Crippen molar-refractivity contribution in [2.45, 2.75) is 13.0 Å². The van der Waals surface area contributed by atoms with Gasteiger partial charge in [0, 0.05) is 25.7 Å². The predicted octanol–water partition coefficient (Wildman–Crippen LogP) is 1.20. The lowest BCUT2D eigenvalue weighted by Crippen LogP contribution is -2.51. The summed E-state index contributed by atoms with van der Waals surface area (Å²) in [6.45, 7) is 4.47. The molecule has 4 nitrogen and oxygen atoms in total. The molecule has 1 aromatic rings. The van der Waals surface area contributed by atoms with Gasteiger partial charge in [-0.1, -0.05) is 6.07 Å². The number of nitrogens with one attached hydrogen (secondary N) is 2. The van der Waals surface area contributed by atoms with Crippen LogP contribution in [0.25, 0.3) is 0 Å². The molecule has 0 spiro atoms. The molecule has 0 saturated carbocycles. The Morgan fingerprint density at radius 1 is 1.47 bits per heavy atom. The van der Waals surface area contributed by atoms with Crippen molar-refractivity contribution in [2.75, 3.05) is 31.5 Å². The van der Waals surface area contributed by atoms with Crippen LogP contribution in [0.5, 0.6) is 0 Å². The van der Waals surface area contributed by atoms with E-state index in [4.69, 9.17) is 0 Å². The van der Waals surface area contributed by atoms with E-state index in [9.17, 15) is 13.6 Å². The van der Waals surface area contributed by atoms with Gasteiger partial charge in [-0.2, -0.15) is 0 Å². The maximum absolute atomic E-state index is 13.4. The minimum atomic E-state index is -0.762. The summed E-state index contributed by atoms with van der Waals surface area (Å²) in [5.74, 6) is -1.93. The Kier molecular flexibility index (Phi) is 4.44. The number of rotatable bonds is 3. The van der Waals surface area contributed by atoms with E-state index >= 15 is 0 Å². The lowest BCUT2D eigenvalue weighted by molar-refractivity contribution is -0.117. The maximum Gasteiger partial charge on any atom is 0.238 e. The highest BCUT2D eigenvalue weighted by molar-refractivity contribution is 5.92. The molecule has 1 heterocycles. The third-order valence-corrected chi connectivity index (χ3v) is 3.05. The molecule has 1 atom stereocenters. The van der Waals surface area contributed by atoms with Gasteiger partial charge in [-0.15, -0.1) is 0 Å².